The highest BCUT2D eigenvalue weighted by atomic mass is 16.5. The summed E-state index contributed by atoms with van der Waals surface area (Å²) in [4.78, 5) is 13.0. The van der Waals surface area contributed by atoms with Crippen molar-refractivity contribution >= 4 is 16.7 Å². The van der Waals surface area contributed by atoms with Crippen molar-refractivity contribution in [2.24, 2.45) is 16.7 Å². The lowest BCUT2D eigenvalue weighted by molar-refractivity contribution is -0.144. The highest BCUT2D eigenvalue weighted by Gasteiger charge is 2.36. The maximum Gasteiger partial charge on any atom is 0.314 e. The first-order chi connectivity index (χ1) is 11.5. The van der Waals surface area contributed by atoms with Crippen molar-refractivity contribution in [2.75, 3.05) is 7.11 Å². The lowest BCUT2D eigenvalue weighted by atomic mass is 9.72. The van der Waals surface area contributed by atoms with Gasteiger partial charge in [-0.3, -0.25) is 4.79 Å². The van der Waals surface area contributed by atoms with Crippen molar-refractivity contribution in [3.63, 3.8) is 0 Å². The number of carbonyl (C=O) groups excluding carboxylic acids is 1. The molecule has 0 radical (unpaired) electrons. The van der Waals surface area contributed by atoms with Gasteiger partial charge in [0.2, 0.25) is 0 Å². The molecule has 0 saturated carbocycles. The Balaban J connectivity index is 2.37. The molecule has 136 valence electrons. The molecule has 3 nitrogen and oxygen atoms in total. The van der Waals surface area contributed by atoms with E-state index in [-0.39, 0.29) is 22.7 Å². The maximum absolute atomic E-state index is 13.0. The first-order valence-electron chi connectivity index (χ1n) is 8.80. The summed E-state index contributed by atoms with van der Waals surface area (Å²) in [6, 6.07) is 11.5. The number of hydrogen-bond acceptors (Lipinski definition) is 3. The van der Waals surface area contributed by atoms with Gasteiger partial charge in [-0.15, -0.1) is 0 Å². The van der Waals surface area contributed by atoms with E-state index in [0.29, 0.717) is 5.75 Å². The van der Waals surface area contributed by atoms with E-state index in [1.165, 1.54) is 0 Å². The minimum absolute atomic E-state index is 0.0545. The molecule has 0 aromatic heterocycles. The molecule has 0 spiro atoms. The molecule has 3 heteroatoms. The van der Waals surface area contributed by atoms with Gasteiger partial charge in [-0.2, -0.15) is 0 Å². The monoisotopic (exact) mass is 342 g/mol. The summed E-state index contributed by atoms with van der Waals surface area (Å²) in [6.45, 7) is 12.7. The van der Waals surface area contributed by atoms with Gasteiger partial charge in [0.1, 0.15) is 11.5 Å². The molecule has 0 aliphatic carbocycles. The number of hydrogen-bond donors (Lipinski definition) is 0. The van der Waals surface area contributed by atoms with Crippen molar-refractivity contribution in [1.29, 1.82) is 0 Å². The topological polar surface area (TPSA) is 35.5 Å². The van der Waals surface area contributed by atoms with Crippen molar-refractivity contribution in [2.45, 2.75) is 48.0 Å². The molecule has 0 aliphatic rings. The molecule has 0 aliphatic heterocycles. The number of esters is 1. The van der Waals surface area contributed by atoms with E-state index in [9.17, 15) is 4.79 Å². The van der Waals surface area contributed by atoms with Crippen LogP contribution in [0.2, 0.25) is 0 Å². The molecule has 0 bridgehead atoms. The Kier molecular flexibility index (Phi) is 5.46. The van der Waals surface area contributed by atoms with Crippen LogP contribution >= 0.6 is 0 Å². The van der Waals surface area contributed by atoms with E-state index in [1.54, 1.807) is 7.11 Å². The van der Waals surface area contributed by atoms with Crippen molar-refractivity contribution in [1.82, 2.24) is 0 Å². The average molecular weight is 342 g/mol. The minimum atomic E-state index is -0.173. The van der Waals surface area contributed by atoms with Gasteiger partial charge in [-0.05, 0) is 29.4 Å². The van der Waals surface area contributed by atoms with Crippen LogP contribution in [-0.4, -0.2) is 13.1 Å². The summed E-state index contributed by atoms with van der Waals surface area (Å²) in [5.41, 5.74) is -0.106. The molecule has 2 aromatic carbocycles. The van der Waals surface area contributed by atoms with Gasteiger partial charge in [0.05, 0.1) is 13.0 Å². The molecule has 1 atom stereocenters. The lowest BCUT2D eigenvalue weighted by Gasteiger charge is -2.33. The fourth-order valence-electron chi connectivity index (χ4n) is 3.05. The molecule has 2 aromatic rings. The van der Waals surface area contributed by atoms with E-state index in [1.807, 2.05) is 36.4 Å². The van der Waals surface area contributed by atoms with Crippen LogP contribution in [0, 0.1) is 16.7 Å². The molecule has 2 rings (SSSR count). The molecule has 0 amide bonds. The van der Waals surface area contributed by atoms with E-state index < -0.39 is 0 Å². The second-order valence-corrected chi connectivity index (χ2v) is 8.92. The van der Waals surface area contributed by atoms with Gasteiger partial charge in [0.25, 0.3) is 0 Å². The number of benzene rings is 2. The van der Waals surface area contributed by atoms with Crippen LogP contribution in [0.25, 0.3) is 10.8 Å². The summed E-state index contributed by atoms with van der Waals surface area (Å²) in [5, 5.41) is 1.83. The van der Waals surface area contributed by atoms with Gasteiger partial charge in [0.15, 0.2) is 0 Å². The molecular formula is C22H30O3. The first kappa shape index (κ1) is 19.3. The summed E-state index contributed by atoms with van der Waals surface area (Å²) < 4.78 is 11.3. The van der Waals surface area contributed by atoms with Crippen molar-refractivity contribution in [3.05, 3.63) is 36.4 Å². The molecule has 0 fully saturated rings. The van der Waals surface area contributed by atoms with Gasteiger partial charge in [-0.1, -0.05) is 65.8 Å². The zero-order valence-electron chi connectivity index (χ0n) is 16.5. The largest absolute Gasteiger partial charge is 0.496 e. The van der Waals surface area contributed by atoms with E-state index in [4.69, 9.17) is 9.47 Å². The standard InChI is InChI=1S/C22H30O3/c1-21(2,3)14-17(22(4,5)6)20(23)25-19-13-12-18(24-7)15-10-8-9-11-16(15)19/h8-13,17H,14H2,1-7H3. The maximum atomic E-state index is 13.0. The van der Waals surface area contributed by atoms with Gasteiger partial charge < -0.3 is 9.47 Å². The van der Waals surface area contributed by atoms with Crippen LogP contribution in [0.3, 0.4) is 0 Å². The van der Waals surface area contributed by atoms with Crippen LogP contribution in [0.1, 0.15) is 48.0 Å². The Bertz CT molecular complexity index is 748. The zero-order chi connectivity index (χ0) is 18.8. The van der Waals surface area contributed by atoms with Crippen molar-refractivity contribution < 1.29 is 14.3 Å². The van der Waals surface area contributed by atoms with Crippen LogP contribution in [-0.2, 0) is 4.79 Å². The Morgan fingerprint density at radius 2 is 1.44 bits per heavy atom. The summed E-state index contributed by atoms with van der Waals surface area (Å²) >= 11 is 0. The van der Waals surface area contributed by atoms with E-state index in [2.05, 4.69) is 41.5 Å². The molecule has 1 unspecified atom stereocenters. The number of methoxy groups -OCH3 is 1. The molecule has 25 heavy (non-hydrogen) atoms. The third-order valence-corrected chi connectivity index (χ3v) is 4.42. The normalized spacial score (nSPS) is 13.6. The third-order valence-electron chi connectivity index (χ3n) is 4.42. The van der Waals surface area contributed by atoms with Crippen LogP contribution < -0.4 is 9.47 Å². The predicted molar refractivity (Wildman–Crippen MR) is 103 cm³/mol. The second kappa shape index (κ2) is 7.07. The Morgan fingerprint density at radius 3 is 1.92 bits per heavy atom. The third kappa shape index (κ3) is 4.75. The highest BCUT2D eigenvalue weighted by Crippen LogP contribution is 2.38. The van der Waals surface area contributed by atoms with Crippen LogP contribution in [0.15, 0.2) is 36.4 Å². The quantitative estimate of drug-likeness (QED) is 0.516. The summed E-state index contributed by atoms with van der Waals surface area (Å²) in [5.74, 6) is 1.02. The molecule has 0 heterocycles. The zero-order valence-corrected chi connectivity index (χ0v) is 16.5. The van der Waals surface area contributed by atoms with Crippen molar-refractivity contribution in [3.8, 4) is 11.5 Å². The lowest BCUT2D eigenvalue weighted by Crippen LogP contribution is -2.35. The molecule has 0 N–H and O–H groups in total. The fraction of sp³-hybridized carbons (Fsp3) is 0.500. The van der Waals surface area contributed by atoms with E-state index in [0.717, 1.165) is 22.9 Å². The number of fused-ring (bicyclic) bond motifs is 1. The van der Waals surface area contributed by atoms with E-state index >= 15 is 0 Å². The average Bonchev–Trinajstić information content (AvgIpc) is 2.51. The van der Waals surface area contributed by atoms with Gasteiger partial charge >= 0.3 is 5.97 Å². The number of carbonyl (C=O) groups is 1. The number of ether oxygens (including phenoxy) is 2. The van der Waals surface area contributed by atoms with Gasteiger partial charge in [-0.25, -0.2) is 0 Å². The molecular weight excluding hydrogens is 312 g/mol. The predicted octanol–water partition coefficient (Wildman–Crippen LogP) is 5.85. The Hall–Kier alpha value is -2.03. The first-order valence-corrected chi connectivity index (χ1v) is 8.80. The van der Waals surface area contributed by atoms with Crippen LogP contribution in [0.4, 0.5) is 0 Å². The number of rotatable bonds is 4. The highest BCUT2D eigenvalue weighted by molar-refractivity contribution is 5.95. The second-order valence-electron chi connectivity index (χ2n) is 8.92. The summed E-state index contributed by atoms with van der Waals surface area (Å²) in [6.07, 6.45) is 0.781. The smallest absolute Gasteiger partial charge is 0.314 e. The minimum Gasteiger partial charge on any atom is -0.496 e. The van der Waals surface area contributed by atoms with Crippen LogP contribution in [0.5, 0.6) is 11.5 Å². The fourth-order valence-corrected chi connectivity index (χ4v) is 3.05. The summed E-state index contributed by atoms with van der Waals surface area (Å²) in [7, 11) is 1.65. The van der Waals surface area contributed by atoms with Gasteiger partial charge in [0, 0.05) is 10.8 Å². The Labute approximate surface area is 151 Å². The SMILES string of the molecule is COc1ccc(OC(=O)C(CC(C)(C)C)C(C)(C)C)c2ccccc12. The Morgan fingerprint density at radius 1 is 0.920 bits per heavy atom. The molecule has 0 saturated heterocycles.